The maximum atomic E-state index is 12.8. The first-order valence-electron chi connectivity index (χ1n) is 7.48. The van der Waals surface area contributed by atoms with Gasteiger partial charge in [0.2, 0.25) is 0 Å². The first kappa shape index (κ1) is 20.5. The summed E-state index contributed by atoms with van der Waals surface area (Å²) in [5.74, 6) is -1.12. The zero-order chi connectivity index (χ0) is 20.4. The molecule has 0 aliphatic carbocycles. The lowest BCUT2D eigenvalue weighted by Gasteiger charge is -2.14. The smallest absolute Gasteiger partial charge is 0.350 e. The van der Waals surface area contributed by atoms with Gasteiger partial charge in [0.25, 0.3) is 11.5 Å². The predicted octanol–water partition coefficient (Wildman–Crippen LogP) is 3.02. The van der Waals surface area contributed by atoms with Gasteiger partial charge in [0.15, 0.2) is 0 Å². The standard InChI is InChI=1S/C16H13F6N3O2/c1-9-7-23-8-25(14(9)27)3-2-24-13(26)10-4-11(15(17,18)19)6-12(5-10)16(20,21)22/h4-8H,2-3H2,1H3,(H,24,26). The molecule has 2 rings (SSSR count). The van der Waals surface area contributed by atoms with Gasteiger partial charge in [-0.05, 0) is 25.1 Å². The minimum atomic E-state index is -5.04. The molecule has 27 heavy (non-hydrogen) atoms. The van der Waals surface area contributed by atoms with E-state index in [1.54, 1.807) is 0 Å². The number of rotatable bonds is 4. The molecule has 0 radical (unpaired) electrons. The molecule has 0 saturated heterocycles. The van der Waals surface area contributed by atoms with Crippen LogP contribution in [0.1, 0.15) is 27.0 Å². The third-order valence-electron chi connectivity index (χ3n) is 3.56. The first-order valence-corrected chi connectivity index (χ1v) is 7.48. The minimum Gasteiger partial charge on any atom is -0.350 e. The Morgan fingerprint density at radius 1 is 1.07 bits per heavy atom. The van der Waals surface area contributed by atoms with Gasteiger partial charge in [-0.1, -0.05) is 0 Å². The van der Waals surface area contributed by atoms with Gasteiger partial charge in [-0.15, -0.1) is 0 Å². The number of nitrogens with one attached hydrogen (secondary N) is 1. The van der Waals surface area contributed by atoms with Gasteiger partial charge in [0.05, 0.1) is 17.5 Å². The molecule has 1 N–H and O–H groups in total. The topological polar surface area (TPSA) is 64.0 Å². The molecular weight excluding hydrogens is 380 g/mol. The third-order valence-corrected chi connectivity index (χ3v) is 3.56. The average Bonchev–Trinajstić information content (AvgIpc) is 2.56. The Morgan fingerprint density at radius 3 is 2.15 bits per heavy atom. The number of carbonyl (C=O) groups excluding carboxylic acids is 1. The van der Waals surface area contributed by atoms with Crippen molar-refractivity contribution in [3.63, 3.8) is 0 Å². The zero-order valence-corrected chi connectivity index (χ0v) is 13.8. The zero-order valence-electron chi connectivity index (χ0n) is 13.8. The highest BCUT2D eigenvalue weighted by Crippen LogP contribution is 2.36. The second-order valence-corrected chi connectivity index (χ2v) is 5.63. The Bertz CT molecular complexity index is 870. The summed E-state index contributed by atoms with van der Waals surface area (Å²) in [6.45, 7) is 1.28. The fourth-order valence-corrected chi connectivity index (χ4v) is 2.20. The van der Waals surface area contributed by atoms with Crippen LogP contribution in [0.4, 0.5) is 26.3 Å². The number of aromatic nitrogens is 2. The van der Waals surface area contributed by atoms with Crippen LogP contribution >= 0.6 is 0 Å². The molecule has 0 spiro atoms. The second kappa shape index (κ2) is 7.41. The lowest BCUT2D eigenvalue weighted by molar-refractivity contribution is -0.143. The lowest BCUT2D eigenvalue weighted by atomic mass is 10.0. The Kier molecular flexibility index (Phi) is 5.62. The molecule has 0 saturated carbocycles. The van der Waals surface area contributed by atoms with Gasteiger partial charge < -0.3 is 5.32 Å². The first-order chi connectivity index (χ1) is 12.4. The van der Waals surface area contributed by atoms with Gasteiger partial charge in [0.1, 0.15) is 0 Å². The van der Waals surface area contributed by atoms with Crippen molar-refractivity contribution in [2.45, 2.75) is 25.8 Å². The van der Waals surface area contributed by atoms with E-state index in [0.717, 1.165) is 4.57 Å². The van der Waals surface area contributed by atoms with Crippen LogP contribution < -0.4 is 10.9 Å². The number of benzene rings is 1. The number of alkyl halides is 6. The summed E-state index contributed by atoms with van der Waals surface area (Å²) in [6.07, 6.45) is -7.56. The number of aryl methyl sites for hydroxylation is 1. The third kappa shape index (κ3) is 5.08. The maximum Gasteiger partial charge on any atom is 0.416 e. The molecule has 1 aromatic carbocycles. The largest absolute Gasteiger partial charge is 0.416 e. The van der Waals surface area contributed by atoms with Crippen molar-refractivity contribution >= 4 is 5.91 Å². The maximum absolute atomic E-state index is 12.8. The highest BCUT2D eigenvalue weighted by Gasteiger charge is 2.37. The molecule has 0 unspecified atom stereocenters. The molecule has 0 bridgehead atoms. The average molecular weight is 393 g/mol. The molecule has 1 heterocycles. The molecule has 2 aromatic rings. The van der Waals surface area contributed by atoms with Crippen molar-refractivity contribution in [1.82, 2.24) is 14.9 Å². The quantitative estimate of drug-likeness (QED) is 0.813. The summed E-state index contributed by atoms with van der Waals surface area (Å²) in [4.78, 5) is 27.6. The molecular formula is C16H13F6N3O2. The Morgan fingerprint density at radius 2 is 1.63 bits per heavy atom. The van der Waals surface area contributed by atoms with E-state index in [4.69, 9.17) is 0 Å². The molecule has 0 fully saturated rings. The summed E-state index contributed by atoms with van der Waals surface area (Å²) in [5, 5.41) is 2.19. The number of amides is 1. The van der Waals surface area contributed by atoms with Crippen LogP contribution in [0.2, 0.25) is 0 Å². The second-order valence-electron chi connectivity index (χ2n) is 5.63. The summed E-state index contributed by atoms with van der Waals surface area (Å²) < 4.78 is 78.0. The van der Waals surface area contributed by atoms with Crippen molar-refractivity contribution in [3.8, 4) is 0 Å². The van der Waals surface area contributed by atoms with Crippen molar-refractivity contribution < 1.29 is 31.1 Å². The summed E-state index contributed by atoms with van der Waals surface area (Å²) in [5.41, 5.74) is -3.98. The molecule has 5 nitrogen and oxygen atoms in total. The predicted molar refractivity (Wildman–Crippen MR) is 82.0 cm³/mol. The van der Waals surface area contributed by atoms with Crippen LogP contribution in [0, 0.1) is 6.92 Å². The lowest BCUT2D eigenvalue weighted by Crippen LogP contribution is -2.31. The van der Waals surface area contributed by atoms with Crippen LogP contribution in [-0.4, -0.2) is 22.0 Å². The number of halogens is 6. The van der Waals surface area contributed by atoms with E-state index in [2.05, 4.69) is 10.3 Å². The van der Waals surface area contributed by atoms with Crippen molar-refractivity contribution in [1.29, 1.82) is 0 Å². The highest BCUT2D eigenvalue weighted by atomic mass is 19.4. The van der Waals surface area contributed by atoms with E-state index in [0.29, 0.717) is 17.7 Å². The number of hydrogen-bond donors (Lipinski definition) is 1. The molecule has 1 amide bonds. The van der Waals surface area contributed by atoms with Gasteiger partial charge >= 0.3 is 12.4 Å². The molecule has 1 aromatic heterocycles. The number of carbonyl (C=O) groups is 1. The van der Waals surface area contributed by atoms with E-state index in [1.165, 1.54) is 19.4 Å². The normalized spacial score (nSPS) is 12.1. The molecule has 146 valence electrons. The fraction of sp³-hybridized carbons (Fsp3) is 0.312. The van der Waals surface area contributed by atoms with Crippen LogP contribution in [0.3, 0.4) is 0 Å². The van der Waals surface area contributed by atoms with E-state index in [9.17, 15) is 35.9 Å². The summed E-state index contributed by atoms with van der Waals surface area (Å²) >= 11 is 0. The minimum absolute atomic E-state index is 0.0512. The highest BCUT2D eigenvalue weighted by molar-refractivity contribution is 5.94. The SMILES string of the molecule is Cc1cncn(CCNC(=O)c2cc(C(F)(F)F)cc(C(F)(F)F)c2)c1=O. The molecule has 0 aliphatic rings. The monoisotopic (exact) mass is 393 g/mol. The summed E-state index contributed by atoms with van der Waals surface area (Å²) in [7, 11) is 0. The van der Waals surface area contributed by atoms with Crippen molar-refractivity contribution in [2.75, 3.05) is 6.54 Å². The van der Waals surface area contributed by atoms with E-state index < -0.39 is 35.0 Å². The van der Waals surface area contributed by atoms with Crippen LogP contribution in [0.5, 0.6) is 0 Å². The van der Waals surface area contributed by atoms with Crippen molar-refractivity contribution in [2.24, 2.45) is 0 Å². The molecule has 0 atom stereocenters. The van der Waals surface area contributed by atoms with E-state index in [-0.39, 0.29) is 24.7 Å². The van der Waals surface area contributed by atoms with Crippen molar-refractivity contribution in [3.05, 3.63) is 63.3 Å². The fourth-order valence-electron chi connectivity index (χ4n) is 2.20. The van der Waals surface area contributed by atoms with Gasteiger partial charge in [0, 0.05) is 30.4 Å². The molecule has 0 aliphatic heterocycles. The van der Waals surface area contributed by atoms with Gasteiger partial charge in [-0.3, -0.25) is 14.2 Å². The number of nitrogens with zero attached hydrogens (tertiary/aromatic N) is 2. The van der Waals surface area contributed by atoms with E-state index in [1.807, 2.05) is 0 Å². The van der Waals surface area contributed by atoms with Crippen LogP contribution in [-0.2, 0) is 18.9 Å². The van der Waals surface area contributed by atoms with Crippen LogP contribution in [0.15, 0.2) is 35.5 Å². The van der Waals surface area contributed by atoms with Gasteiger partial charge in [-0.25, -0.2) is 4.98 Å². The van der Waals surface area contributed by atoms with Gasteiger partial charge in [-0.2, -0.15) is 26.3 Å². The Hall–Kier alpha value is -2.85. The number of hydrogen-bond acceptors (Lipinski definition) is 3. The van der Waals surface area contributed by atoms with Crippen LogP contribution in [0.25, 0.3) is 0 Å². The molecule has 11 heteroatoms. The summed E-state index contributed by atoms with van der Waals surface area (Å²) in [6, 6.07) is 0.616. The Balaban J connectivity index is 2.20. The Labute approximate surface area is 148 Å². The van der Waals surface area contributed by atoms with E-state index >= 15 is 0 Å².